The largest absolute Gasteiger partial charge is 0.481 e. The molecule has 2 aliphatic heterocycles. The molecule has 0 aliphatic carbocycles. The van der Waals surface area contributed by atoms with Crippen molar-refractivity contribution in [3.8, 4) is 0 Å². The van der Waals surface area contributed by atoms with E-state index in [0.717, 1.165) is 23.7 Å². The Kier molecular flexibility index (Phi) is 7.53. The summed E-state index contributed by atoms with van der Waals surface area (Å²) >= 11 is 0. The Bertz CT molecular complexity index is 817. The number of halogens is 3. The van der Waals surface area contributed by atoms with Gasteiger partial charge in [0.15, 0.2) is 6.10 Å². The summed E-state index contributed by atoms with van der Waals surface area (Å²) < 4.78 is 42.4. The number of carbonyl (C=O) groups is 2. The third-order valence-corrected chi connectivity index (χ3v) is 6.19. The monoisotopic (exact) mass is 457 g/mol. The molecule has 32 heavy (non-hydrogen) atoms. The highest BCUT2D eigenvalue weighted by molar-refractivity contribution is 5.70. The minimum absolute atomic E-state index is 0.299. The van der Waals surface area contributed by atoms with Crippen molar-refractivity contribution in [3.63, 3.8) is 0 Å². The molecule has 1 aromatic carbocycles. The number of carbonyl (C=O) groups excluding carboxylic acids is 1. The number of aryl methyl sites for hydroxylation is 1. The molecule has 1 unspecified atom stereocenters. The first kappa shape index (κ1) is 24.2. The van der Waals surface area contributed by atoms with E-state index < -0.39 is 24.3 Å². The van der Waals surface area contributed by atoms with Crippen molar-refractivity contribution in [2.75, 3.05) is 44.2 Å². The molecule has 0 spiro atoms. The molecule has 2 heterocycles. The summed E-state index contributed by atoms with van der Waals surface area (Å²) in [7, 11) is 0. The zero-order valence-electron chi connectivity index (χ0n) is 18.4. The van der Waals surface area contributed by atoms with Gasteiger partial charge in [-0.2, -0.15) is 13.2 Å². The Balaban J connectivity index is 1.57. The minimum Gasteiger partial charge on any atom is -0.481 e. The standard InChI is InChI=1S/C22H30F3N3O4/c1-15-3-4-18(19(13-15)27-7-5-17(6-8-27)20(29)30)14-26-9-11-28(12-10-26)21(31)32-16(2)22(23,24)25/h3-4,13,16-17H,5-12,14H2,1-2H3,(H,29,30). The van der Waals surface area contributed by atoms with E-state index in [-0.39, 0.29) is 5.92 Å². The van der Waals surface area contributed by atoms with E-state index in [4.69, 9.17) is 0 Å². The second-order valence-electron chi connectivity index (χ2n) is 8.56. The van der Waals surface area contributed by atoms with E-state index >= 15 is 0 Å². The van der Waals surface area contributed by atoms with Crippen LogP contribution in [0, 0.1) is 12.8 Å². The number of hydrogen-bond donors (Lipinski definition) is 1. The number of carboxylic acid groups (broad SMARTS) is 1. The third-order valence-electron chi connectivity index (χ3n) is 6.19. The second kappa shape index (κ2) is 9.97. The van der Waals surface area contributed by atoms with E-state index in [1.165, 1.54) is 4.90 Å². The fourth-order valence-corrected chi connectivity index (χ4v) is 4.09. The number of piperidine rings is 1. The van der Waals surface area contributed by atoms with E-state index in [9.17, 15) is 27.9 Å². The molecule has 7 nitrogen and oxygen atoms in total. The number of rotatable bonds is 5. The van der Waals surface area contributed by atoms with Crippen LogP contribution in [-0.4, -0.2) is 78.5 Å². The number of aliphatic carboxylic acids is 1. The summed E-state index contributed by atoms with van der Waals surface area (Å²) in [5.74, 6) is -1.04. The lowest BCUT2D eigenvalue weighted by Gasteiger charge is -2.37. The maximum absolute atomic E-state index is 12.6. The second-order valence-corrected chi connectivity index (χ2v) is 8.56. The van der Waals surface area contributed by atoms with Crippen LogP contribution >= 0.6 is 0 Å². The van der Waals surface area contributed by atoms with Crippen molar-refractivity contribution < 1.29 is 32.6 Å². The summed E-state index contributed by atoms with van der Waals surface area (Å²) in [6, 6.07) is 6.22. The van der Waals surface area contributed by atoms with Crippen LogP contribution in [0.4, 0.5) is 23.7 Å². The molecule has 1 aromatic rings. The lowest BCUT2D eigenvalue weighted by molar-refractivity contribution is -0.200. The van der Waals surface area contributed by atoms with Gasteiger partial charge in [-0.05, 0) is 43.9 Å². The van der Waals surface area contributed by atoms with Crippen LogP contribution < -0.4 is 4.90 Å². The molecule has 0 radical (unpaired) electrons. The third kappa shape index (κ3) is 6.05. The van der Waals surface area contributed by atoms with Crippen molar-refractivity contribution in [1.82, 2.24) is 9.80 Å². The van der Waals surface area contributed by atoms with Crippen LogP contribution in [0.2, 0.25) is 0 Å². The van der Waals surface area contributed by atoms with E-state index in [1.54, 1.807) is 0 Å². The van der Waals surface area contributed by atoms with Crippen molar-refractivity contribution in [3.05, 3.63) is 29.3 Å². The van der Waals surface area contributed by atoms with E-state index in [0.29, 0.717) is 58.7 Å². The van der Waals surface area contributed by atoms with Crippen LogP contribution in [0.15, 0.2) is 18.2 Å². The zero-order valence-corrected chi connectivity index (χ0v) is 18.4. The predicted molar refractivity (Wildman–Crippen MR) is 113 cm³/mol. The van der Waals surface area contributed by atoms with Crippen LogP contribution in [0.5, 0.6) is 0 Å². The average Bonchev–Trinajstić information content (AvgIpc) is 2.75. The normalized spacial score (nSPS) is 19.7. The lowest BCUT2D eigenvalue weighted by atomic mass is 9.95. The molecule has 0 bridgehead atoms. The Hall–Kier alpha value is -2.49. The quantitative estimate of drug-likeness (QED) is 0.730. The van der Waals surface area contributed by atoms with Gasteiger partial charge in [-0.25, -0.2) is 4.79 Å². The first-order valence-corrected chi connectivity index (χ1v) is 10.9. The molecule has 10 heteroatoms. The molecule has 1 N–H and O–H groups in total. The van der Waals surface area contributed by atoms with Gasteiger partial charge in [-0.3, -0.25) is 9.69 Å². The zero-order chi connectivity index (χ0) is 23.5. The van der Waals surface area contributed by atoms with Gasteiger partial charge in [0.05, 0.1) is 5.92 Å². The van der Waals surface area contributed by atoms with Crippen molar-refractivity contribution >= 4 is 17.7 Å². The van der Waals surface area contributed by atoms with E-state index in [1.807, 2.05) is 13.0 Å². The van der Waals surface area contributed by atoms with Gasteiger partial charge in [0.2, 0.25) is 0 Å². The molecular weight excluding hydrogens is 427 g/mol. The number of hydrogen-bond acceptors (Lipinski definition) is 5. The maximum atomic E-state index is 12.6. The Morgan fingerprint density at radius 1 is 1.12 bits per heavy atom. The molecule has 1 atom stereocenters. The molecular formula is C22H30F3N3O4. The molecule has 2 fully saturated rings. The van der Waals surface area contributed by atoms with Gasteiger partial charge >= 0.3 is 18.2 Å². The van der Waals surface area contributed by atoms with Crippen LogP contribution in [0.25, 0.3) is 0 Å². The van der Waals surface area contributed by atoms with Crippen LogP contribution in [0.1, 0.15) is 30.9 Å². The number of anilines is 1. The fraction of sp³-hybridized carbons (Fsp3) is 0.636. The van der Waals surface area contributed by atoms with Crippen molar-refractivity contribution in [2.45, 2.75) is 45.5 Å². The van der Waals surface area contributed by atoms with Gasteiger partial charge < -0.3 is 19.6 Å². The molecule has 2 saturated heterocycles. The molecule has 178 valence electrons. The fourth-order valence-electron chi connectivity index (χ4n) is 4.09. The van der Waals surface area contributed by atoms with Gasteiger partial charge in [0.25, 0.3) is 0 Å². The van der Waals surface area contributed by atoms with E-state index in [2.05, 4.69) is 26.7 Å². The Morgan fingerprint density at radius 2 is 1.75 bits per heavy atom. The molecule has 2 aliphatic rings. The summed E-state index contributed by atoms with van der Waals surface area (Å²) in [6.45, 7) is 6.53. The van der Waals surface area contributed by atoms with Crippen LogP contribution in [-0.2, 0) is 16.1 Å². The van der Waals surface area contributed by atoms with Gasteiger partial charge in [0, 0.05) is 51.5 Å². The highest BCUT2D eigenvalue weighted by atomic mass is 19.4. The van der Waals surface area contributed by atoms with Crippen LogP contribution in [0.3, 0.4) is 0 Å². The highest BCUT2D eigenvalue weighted by Gasteiger charge is 2.40. The predicted octanol–water partition coefficient (Wildman–Crippen LogP) is 3.50. The topological polar surface area (TPSA) is 73.3 Å². The first-order chi connectivity index (χ1) is 15.0. The average molecular weight is 457 g/mol. The lowest BCUT2D eigenvalue weighted by Crippen LogP contribution is -2.49. The molecule has 3 rings (SSSR count). The maximum Gasteiger partial charge on any atom is 0.425 e. The number of amides is 1. The number of alkyl halides is 3. The van der Waals surface area contributed by atoms with Crippen molar-refractivity contribution in [2.24, 2.45) is 5.92 Å². The Labute approximate surface area is 185 Å². The molecule has 1 amide bonds. The minimum atomic E-state index is -4.57. The summed E-state index contributed by atoms with van der Waals surface area (Å²) in [5.41, 5.74) is 3.33. The molecule has 0 saturated carbocycles. The number of ether oxygens (including phenoxy) is 1. The molecule has 0 aromatic heterocycles. The number of benzene rings is 1. The number of nitrogens with zero attached hydrogens (tertiary/aromatic N) is 3. The summed E-state index contributed by atoms with van der Waals surface area (Å²) in [4.78, 5) is 29.0. The SMILES string of the molecule is Cc1ccc(CN2CCN(C(=O)OC(C)C(F)(F)F)CC2)c(N2CCC(C(=O)O)CC2)c1. The summed E-state index contributed by atoms with van der Waals surface area (Å²) in [5, 5.41) is 9.24. The first-order valence-electron chi connectivity index (χ1n) is 10.9. The van der Waals surface area contributed by atoms with Gasteiger partial charge in [-0.15, -0.1) is 0 Å². The van der Waals surface area contributed by atoms with Gasteiger partial charge in [-0.1, -0.05) is 12.1 Å². The number of piperazine rings is 1. The summed E-state index contributed by atoms with van der Waals surface area (Å²) in [6.07, 6.45) is -6.42. The van der Waals surface area contributed by atoms with Gasteiger partial charge in [0.1, 0.15) is 0 Å². The van der Waals surface area contributed by atoms with Crippen molar-refractivity contribution in [1.29, 1.82) is 0 Å². The smallest absolute Gasteiger partial charge is 0.425 e. The Morgan fingerprint density at radius 3 is 2.31 bits per heavy atom. The number of carboxylic acids is 1. The highest BCUT2D eigenvalue weighted by Crippen LogP contribution is 2.29.